The highest BCUT2D eigenvalue weighted by Gasteiger charge is 2.46. The molecule has 1 aromatic carbocycles. The Morgan fingerprint density at radius 1 is 1.17 bits per heavy atom. The van der Waals surface area contributed by atoms with Gasteiger partial charge >= 0.3 is 5.97 Å². The minimum atomic E-state index is -0.388. The van der Waals surface area contributed by atoms with Crippen LogP contribution in [-0.2, 0) is 20.4 Å². The summed E-state index contributed by atoms with van der Waals surface area (Å²) >= 11 is 5.78. The number of carbonyl (C=O) groups excluding carboxylic acids is 1. The Hall–Kier alpha value is -1.07. The van der Waals surface area contributed by atoms with Crippen LogP contribution in [0.2, 0.25) is 0 Å². The van der Waals surface area contributed by atoms with E-state index in [1.54, 1.807) is 0 Å². The van der Waals surface area contributed by atoms with Gasteiger partial charge in [0, 0.05) is 18.7 Å². The molecule has 0 saturated carbocycles. The van der Waals surface area contributed by atoms with Crippen LogP contribution in [0.5, 0.6) is 0 Å². The molecule has 0 fully saturated rings. The molecule has 0 bridgehead atoms. The molecule has 23 heavy (non-hydrogen) atoms. The van der Waals surface area contributed by atoms with Gasteiger partial charge in [0.1, 0.15) is 5.25 Å². The Kier molecular flexibility index (Phi) is 8.63. The molecule has 2 atom stereocenters. The first-order chi connectivity index (χ1) is 11.0. The molecule has 0 aliphatic heterocycles. The van der Waals surface area contributed by atoms with Crippen molar-refractivity contribution in [3.8, 4) is 0 Å². The van der Waals surface area contributed by atoms with Crippen molar-refractivity contribution in [2.24, 2.45) is 0 Å². The van der Waals surface area contributed by atoms with Crippen LogP contribution in [0, 0.1) is 0 Å². The van der Waals surface area contributed by atoms with Crippen molar-refractivity contribution in [1.82, 2.24) is 4.90 Å². The third-order valence-electron chi connectivity index (χ3n) is 3.59. The van der Waals surface area contributed by atoms with E-state index in [1.165, 1.54) is 0 Å². The number of nitrogens with zero attached hydrogens (tertiary/aromatic N) is 1. The Balaban J connectivity index is 3.28. The van der Waals surface area contributed by atoms with Crippen molar-refractivity contribution in [1.29, 1.82) is 0 Å². The fourth-order valence-corrected chi connectivity index (χ4v) is 5.99. The van der Waals surface area contributed by atoms with Crippen LogP contribution in [-0.4, -0.2) is 40.1 Å². The van der Waals surface area contributed by atoms with E-state index in [1.807, 2.05) is 37.3 Å². The van der Waals surface area contributed by atoms with Crippen molar-refractivity contribution in [3.05, 3.63) is 35.9 Å². The zero-order chi connectivity index (χ0) is 17.4. The van der Waals surface area contributed by atoms with Gasteiger partial charge in [-0.15, -0.1) is 0 Å². The topological polar surface area (TPSA) is 29.5 Å². The first-order valence-electron chi connectivity index (χ1n) is 8.20. The van der Waals surface area contributed by atoms with Crippen LogP contribution in [0.15, 0.2) is 30.3 Å². The highest BCUT2D eigenvalue weighted by molar-refractivity contribution is 8.21. The highest BCUT2D eigenvalue weighted by Crippen LogP contribution is 2.32. The lowest BCUT2D eigenvalue weighted by Crippen LogP contribution is -2.43. The molecule has 0 radical (unpaired) electrons. The Labute approximate surface area is 148 Å². The molecule has 128 valence electrons. The molecule has 1 aromatic rings. The van der Waals surface area contributed by atoms with Crippen molar-refractivity contribution in [2.45, 2.75) is 45.1 Å². The maximum absolute atomic E-state index is 12.7. The molecule has 0 saturated heterocycles. The van der Waals surface area contributed by atoms with Gasteiger partial charge in [0.2, 0.25) is 5.25 Å². The van der Waals surface area contributed by atoms with Crippen LogP contribution in [0.3, 0.4) is 0 Å². The van der Waals surface area contributed by atoms with E-state index >= 15 is 0 Å². The molecule has 2 unspecified atom stereocenters. The second kappa shape index (κ2) is 9.93. The minimum Gasteiger partial charge on any atom is -0.462 e. The van der Waals surface area contributed by atoms with Crippen molar-refractivity contribution in [3.63, 3.8) is 0 Å². The quantitative estimate of drug-likeness (QED) is 0.421. The van der Waals surface area contributed by atoms with Crippen LogP contribution >= 0.6 is 12.2 Å². The molecule has 3 nitrogen and oxygen atoms in total. The number of esters is 1. The predicted octanol–water partition coefficient (Wildman–Crippen LogP) is 3.94. The first kappa shape index (κ1) is 20.0. The number of ether oxygens (including phenoxy) is 1. The van der Waals surface area contributed by atoms with Crippen molar-refractivity contribution in [2.75, 3.05) is 19.7 Å². The van der Waals surface area contributed by atoms with Gasteiger partial charge in [-0.2, -0.15) is 0 Å². The van der Waals surface area contributed by atoms with Crippen molar-refractivity contribution < 1.29 is 9.53 Å². The molecule has 0 N–H and O–H groups in total. The molecule has 0 aliphatic rings. The lowest BCUT2D eigenvalue weighted by atomic mass is 10.1. The number of hydrogen-bond donors (Lipinski definition) is 0. The van der Waals surface area contributed by atoms with E-state index in [9.17, 15) is 4.79 Å². The van der Waals surface area contributed by atoms with E-state index in [4.69, 9.17) is 17.0 Å². The zero-order valence-electron chi connectivity index (χ0n) is 14.7. The lowest BCUT2D eigenvalue weighted by Gasteiger charge is -2.26. The summed E-state index contributed by atoms with van der Waals surface area (Å²) in [4.78, 5) is 14.9. The molecular formula is C18H28NO2S2+. The maximum atomic E-state index is 12.7. The van der Waals surface area contributed by atoms with Gasteiger partial charge in [-0.1, -0.05) is 30.3 Å². The average molecular weight is 355 g/mol. The largest absolute Gasteiger partial charge is 0.462 e. The number of rotatable bonds is 7. The SMILES string of the molecule is CCOC(=O)C(c1ccccc1)[S+](C(=S)N(CC)CC)C(C)C. The van der Waals surface area contributed by atoms with E-state index in [2.05, 4.69) is 32.6 Å². The van der Waals surface area contributed by atoms with Gasteiger partial charge in [-0.3, -0.25) is 0 Å². The monoisotopic (exact) mass is 354 g/mol. The fraction of sp³-hybridized carbons (Fsp3) is 0.556. The first-order valence-corrected chi connectivity index (χ1v) is 9.96. The van der Waals surface area contributed by atoms with Gasteiger partial charge < -0.3 is 9.64 Å². The normalized spacial score (nSPS) is 13.5. The molecule has 0 spiro atoms. The van der Waals surface area contributed by atoms with E-state index < -0.39 is 0 Å². The van der Waals surface area contributed by atoms with Crippen molar-refractivity contribution >= 4 is 33.4 Å². The van der Waals surface area contributed by atoms with Gasteiger partial charge in [-0.25, -0.2) is 4.79 Å². The smallest absolute Gasteiger partial charge is 0.364 e. The molecule has 1 rings (SSSR count). The summed E-state index contributed by atoms with van der Waals surface area (Å²) in [6.45, 7) is 12.4. The van der Waals surface area contributed by atoms with Gasteiger partial charge in [-0.05, 0) is 46.8 Å². The Bertz CT molecular complexity index is 501. The average Bonchev–Trinajstić information content (AvgIpc) is 2.54. The summed E-state index contributed by atoms with van der Waals surface area (Å²) in [5.74, 6) is -0.176. The lowest BCUT2D eigenvalue weighted by molar-refractivity contribution is -0.142. The van der Waals surface area contributed by atoms with E-state index in [0.717, 1.165) is 23.0 Å². The van der Waals surface area contributed by atoms with Gasteiger partial charge in [0.05, 0.1) is 17.5 Å². The maximum Gasteiger partial charge on any atom is 0.364 e. The molecule has 5 heteroatoms. The third kappa shape index (κ3) is 5.21. The minimum absolute atomic E-state index is 0.176. The van der Waals surface area contributed by atoms with E-state index in [-0.39, 0.29) is 27.4 Å². The fourth-order valence-electron chi connectivity index (χ4n) is 2.44. The third-order valence-corrected chi connectivity index (χ3v) is 7.07. The summed E-state index contributed by atoms with van der Waals surface area (Å²) in [6, 6.07) is 9.87. The summed E-state index contributed by atoms with van der Waals surface area (Å²) in [5, 5.41) is -0.0537. The number of hydrogen-bond acceptors (Lipinski definition) is 3. The number of thiocarbonyl (C=S) groups is 1. The Morgan fingerprint density at radius 3 is 2.17 bits per heavy atom. The predicted molar refractivity (Wildman–Crippen MR) is 104 cm³/mol. The molecule has 0 amide bonds. The number of carbonyl (C=O) groups is 1. The van der Waals surface area contributed by atoms with Gasteiger partial charge in [0.25, 0.3) is 4.32 Å². The molecule has 0 aromatic heterocycles. The summed E-state index contributed by atoms with van der Waals surface area (Å²) < 4.78 is 6.26. The number of benzene rings is 1. The van der Waals surface area contributed by atoms with Crippen LogP contribution in [0.4, 0.5) is 0 Å². The zero-order valence-corrected chi connectivity index (χ0v) is 16.4. The standard InChI is InChI=1S/C18H28NO2S2/c1-6-19(7-2)18(22)23(14(4)5)16(17(20)21-8-3)15-12-10-9-11-13-15/h9-14,16H,6-8H2,1-5H3/q+1. The summed E-state index contributed by atoms with van der Waals surface area (Å²) in [6.07, 6.45) is 0. The highest BCUT2D eigenvalue weighted by atomic mass is 32.2. The summed E-state index contributed by atoms with van der Waals surface area (Å²) in [7, 11) is -0.388. The molecule has 0 aliphatic carbocycles. The van der Waals surface area contributed by atoms with Crippen LogP contribution < -0.4 is 0 Å². The van der Waals surface area contributed by atoms with Crippen LogP contribution in [0.1, 0.15) is 45.4 Å². The second-order valence-electron chi connectivity index (χ2n) is 5.40. The van der Waals surface area contributed by atoms with Gasteiger partial charge in [0.15, 0.2) is 0 Å². The van der Waals surface area contributed by atoms with E-state index in [0.29, 0.717) is 6.61 Å². The van der Waals surface area contributed by atoms with Crippen LogP contribution in [0.25, 0.3) is 0 Å². The second-order valence-corrected chi connectivity index (χ2v) is 8.59. The summed E-state index contributed by atoms with van der Waals surface area (Å²) in [5.41, 5.74) is 0.984. The molecular weight excluding hydrogens is 326 g/mol. The molecule has 0 heterocycles. The Morgan fingerprint density at radius 2 is 1.74 bits per heavy atom.